The van der Waals surface area contributed by atoms with E-state index in [9.17, 15) is 9.18 Å². The fourth-order valence-corrected chi connectivity index (χ4v) is 2.63. The summed E-state index contributed by atoms with van der Waals surface area (Å²) < 4.78 is 19.2. The van der Waals surface area contributed by atoms with Crippen LogP contribution in [0.4, 0.5) is 4.39 Å². The Morgan fingerprint density at radius 3 is 2.67 bits per heavy atom. The third-order valence-corrected chi connectivity index (χ3v) is 3.79. The van der Waals surface area contributed by atoms with Crippen molar-refractivity contribution in [1.29, 1.82) is 0 Å². The van der Waals surface area contributed by atoms with Crippen LogP contribution in [0, 0.1) is 5.82 Å². The summed E-state index contributed by atoms with van der Waals surface area (Å²) in [5, 5.41) is 8.69. The van der Waals surface area contributed by atoms with E-state index in [0.29, 0.717) is 12.2 Å². The van der Waals surface area contributed by atoms with E-state index in [2.05, 4.69) is 0 Å². The van der Waals surface area contributed by atoms with Gasteiger partial charge in [-0.15, -0.1) is 0 Å². The molecule has 0 heterocycles. The van der Waals surface area contributed by atoms with Gasteiger partial charge in [0.2, 0.25) is 0 Å². The number of hydrogen-bond acceptors (Lipinski definition) is 2. The maximum Gasteiger partial charge on any atom is 0.328 e. The molecule has 1 aliphatic rings. The molecule has 0 saturated heterocycles. The van der Waals surface area contributed by atoms with Crippen LogP contribution in [-0.4, -0.2) is 17.2 Å². The number of rotatable bonds is 5. The predicted octanol–water partition coefficient (Wildman–Crippen LogP) is 4.16. The maximum atomic E-state index is 13.3. The van der Waals surface area contributed by atoms with Crippen molar-refractivity contribution in [2.24, 2.45) is 0 Å². The Morgan fingerprint density at radius 1 is 1.29 bits per heavy atom. The first-order valence-corrected chi connectivity index (χ1v) is 7.46. The standard InChI is InChI=1S/C17H21FO3/c18-15-9-7-14(13(11-15)8-10-17(19)20)12-21-16-5-3-1-2-4-6-16/h7-11,16H,1-6,12H2,(H,19,20). The summed E-state index contributed by atoms with van der Waals surface area (Å²) >= 11 is 0. The zero-order valence-corrected chi connectivity index (χ0v) is 12.1. The topological polar surface area (TPSA) is 46.5 Å². The number of hydrogen-bond donors (Lipinski definition) is 1. The summed E-state index contributed by atoms with van der Waals surface area (Å²) in [5.74, 6) is -1.42. The van der Waals surface area contributed by atoms with Crippen molar-refractivity contribution in [1.82, 2.24) is 0 Å². The van der Waals surface area contributed by atoms with E-state index < -0.39 is 5.97 Å². The Bertz CT molecular complexity index is 503. The van der Waals surface area contributed by atoms with E-state index in [1.54, 1.807) is 6.07 Å². The predicted molar refractivity (Wildman–Crippen MR) is 79.3 cm³/mol. The molecule has 0 aromatic heterocycles. The van der Waals surface area contributed by atoms with Crippen LogP contribution in [0.5, 0.6) is 0 Å². The van der Waals surface area contributed by atoms with Crippen molar-refractivity contribution >= 4 is 12.0 Å². The Morgan fingerprint density at radius 2 is 2.00 bits per heavy atom. The number of aliphatic carboxylic acids is 1. The van der Waals surface area contributed by atoms with Gasteiger partial charge in [-0.1, -0.05) is 31.7 Å². The molecule has 0 aliphatic heterocycles. The molecular weight excluding hydrogens is 271 g/mol. The highest BCUT2D eigenvalue weighted by Crippen LogP contribution is 2.22. The molecule has 21 heavy (non-hydrogen) atoms. The second-order valence-electron chi connectivity index (χ2n) is 5.44. The summed E-state index contributed by atoms with van der Waals surface area (Å²) in [6.45, 7) is 0.393. The third kappa shape index (κ3) is 5.31. The molecule has 1 N–H and O–H groups in total. The largest absolute Gasteiger partial charge is 0.478 e. The van der Waals surface area contributed by atoms with Gasteiger partial charge in [-0.05, 0) is 42.2 Å². The van der Waals surface area contributed by atoms with Crippen LogP contribution in [-0.2, 0) is 16.1 Å². The first-order valence-electron chi connectivity index (χ1n) is 7.46. The van der Waals surface area contributed by atoms with Gasteiger partial charge >= 0.3 is 5.97 Å². The van der Waals surface area contributed by atoms with Crippen molar-refractivity contribution in [2.75, 3.05) is 0 Å². The third-order valence-electron chi connectivity index (χ3n) is 3.79. The van der Waals surface area contributed by atoms with Gasteiger partial charge in [0.1, 0.15) is 5.82 Å². The zero-order valence-electron chi connectivity index (χ0n) is 12.1. The molecule has 0 atom stereocenters. The highest BCUT2D eigenvalue weighted by Gasteiger charge is 2.13. The molecule has 1 saturated carbocycles. The molecule has 114 valence electrons. The van der Waals surface area contributed by atoms with E-state index >= 15 is 0 Å². The van der Waals surface area contributed by atoms with Crippen molar-refractivity contribution in [3.8, 4) is 0 Å². The number of carboxylic acids is 1. The normalized spacial score (nSPS) is 17.0. The van der Waals surface area contributed by atoms with Crippen LogP contribution in [0.15, 0.2) is 24.3 Å². The van der Waals surface area contributed by atoms with Gasteiger partial charge in [0.15, 0.2) is 0 Å². The first kappa shape index (κ1) is 15.7. The number of benzene rings is 1. The lowest BCUT2D eigenvalue weighted by molar-refractivity contribution is -0.131. The fraction of sp³-hybridized carbons (Fsp3) is 0.471. The van der Waals surface area contributed by atoms with Gasteiger partial charge in [0.05, 0.1) is 12.7 Å². The number of halogens is 1. The number of carboxylic acid groups (broad SMARTS) is 1. The quantitative estimate of drug-likeness (QED) is 0.654. The Labute approximate surface area is 124 Å². The van der Waals surface area contributed by atoms with E-state index in [4.69, 9.17) is 9.84 Å². The van der Waals surface area contributed by atoms with Gasteiger partial charge in [-0.2, -0.15) is 0 Å². The van der Waals surface area contributed by atoms with Crippen LogP contribution in [0.25, 0.3) is 6.08 Å². The average molecular weight is 292 g/mol. The SMILES string of the molecule is O=C(O)C=Cc1cc(F)ccc1COC1CCCCCC1. The van der Waals surface area contributed by atoms with Gasteiger partial charge in [0.25, 0.3) is 0 Å². The van der Waals surface area contributed by atoms with E-state index in [1.807, 2.05) is 0 Å². The zero-order chi connectivity index (χ0) is 15.1. The van der Waals surface area contributed by atoms with Crippen molar-refractivity contribution in [3.63, 3.8) is 0 Å². The summed E-state index contributed by atoms with van der Waals surface area (Å²) in [6, 6.07) is 4.38. The molecule has 4 heteroatoms. The van der Waals surface area contributed by atoms with E-state index in [-0.39, 0.29) is 11.9 Å². The highest BCUT2D eigenvalue weighted by molar-refractivity contribution is 5.85. The minimum atomic E-state index is -1.05. The summed E-state index contributed by atoms with van der Waals surface area (Å²) in [7, 11) is 0. The van der Waals surface area contributed by atoms with Crippen molar-refractivity contribution in [3.05, 3.63) is 41.2 Å². The smallest absolute Gasteiger partial charge is 0.328 e. The summed E-state index contributed by atoms with van der Waals surface area (Å²) in [5.41, 5.74) is 1.38. The molecule has 0 amide bonds. The second kappa shape index (κ2) is 7.93. The fourth-order valence-electron chi connectivity index (χ4n) is 2.63. The Balaban J connectivity index is 2.02. The van der Waals surface area contributed by atoms with Crippen LogP contribution < -0.4 is 0 Å². The van der Waals surface area contributed by atoms with Crippen LogP contribution in [0.3, 0.4) is 0 Å². The lowest BCUT2D eigenvalue weighted by Gasteiger charge is -2.16. The highest BCUT2D eigenvalue weighted by atomic mass is 19.1. The molecule has 1 fully saturated rings. The summed E-state index contributed by atoms with van der Waals surface area (Å²) in [4.78, 5) is 10.6. The second-order valence-corrected chi connectivity index (χ2v) is 5.44. The molecule has 0 bridgehead atoms. The maximum absolute atomic E-state index is 13.3. The van der Waals surface area contributed by atoms with Gasteiger partial charge < -0.3 is 9.84 Å². The molecule has 3 nitrogen and oxygen atoms in total. The first-order chi connectivity index (χ1) is 10.1. The van der Waals surface area contributed by atoms with Crippen LogP contribution in [0.2, 0.25) is 0 Å². The molecular formula is C17H21FO3. The average Bonchev–Trinajstić information content (AvgIpc) is 2.72. The molecule has 1 aliphatic carbocycles. The van der Waals surface area contributed by atoms with Crippen LogP contribution >= 0.6 is 0 Å². The van der Waals surface area contributed by atoms with Gasteiger partial charge in [-0.25, -0.2) is 9.18 Å². The Hall–Kier alpha value is -1.68. The molecule has 0 spiro atoms. The lowest BCUT2D eigenvalue weighted by Crippen LogP contribution is -2.12. The molecule has 2 rings (SSSR count). The van der Waals surface area contributed by atoms with Gasteiger partial charge in [-0.3, -0.25) is 0 Å². The minimum absolute atomic E-state index is 0.258. The molecule has 1 aromatic rings. The summed E-state index contributed by atoms with van der Waals surface area (Å²) in [6.07, 6.45) is 9.75. The van der Waals surface area contributed by atoms with Crippen LogP contribution in [0.1, 0.15) is 49.7 Å². The van der Waals surface area contributed by atoms with E-state index in [1.165, 1.54) is 43.9 Å². The monoisotopic (exact) mass is 292 g/mol. The van der Waals surface area contributed by atoms with E-state index in [0.717, 1.165) is 24.5 Å². The minimum Gasteiger partial charge on any atom is -0.478 e. The molecule has 0 radical (unpaired) electrons. The Kier molecular flexibility index (Phi) is 5.93. The van der Waals surface area contributed by atoms with Crippen molar-refractivity contribution in [2.45, 2.75) is 51.2 Å². The molecule has 1 aromatic carbocycles. The number of ether oxygens (including phenoxy) is 1. The van der Waals surface area contributed by atoms with Crippen molar-refractivity contribution < 1.29 is 19.0 Å². The van der Waals surface area contributed by atoms with Gasteiger partial charge in [0, 0.05) is 6.08 Å². The lowest BCUT2D eigenvalue weighted by atomic mass is 10.1. The number of carbonyl (C=O) groups is 1. The molecule has 0 unspecified atom stereocenters.